The Labute approximate surface area is 103 Å². The minimum absolute atomic E-state index is 0.00102. The van der Waals surface area contributed by atoms with E-state index in [2.05, 4.69) is 10.3 Å². The Balaban J connectivity index is 2.51. The molecule has 0 aliphatic rings. The molecule has 1 heterocycles. The third kappa shape index (κ3) is 2.09. The van der Waals surface area contributed by atoms with Gasteiger partial charge >= 0.3 is 6.03 Å². The van der Waals surface area contributed by atoms with Crippen molar-refractivity contribution in [3.63, 3.8) is 0 Å². The minimum Gasteiger partial charge on any atom is -0.399 e. The van der Waals surface area contributed by atoms with Crippen LogP contribution in [0.2, 0.25) is 0 Å². The monoisotopic (exact) mass is 268 g/mol. The quantitative estimate of drug-likeness (QED) is 0.588. The predicted octanol–water partition coefficient (Wildman–Crippen LogP) is 0.368. The van der Waals surface area contributed by atoms with E-state index in [1.807, 2.05) is 4.72 Å². The molecule has 2 amide bonds. The summed E-state index contributed by atoms with van der Waals surface area (Å²) < 4.78 is 25.8. The molecule has 0 saturated carbocycles. The number of aromatic nitrogens is 1. The van der Waals surface area contributed by atoms with Crippen LogP contribution in [0.5, 0.6) is 0 Å². The van der Waals surface area contributed by atoms with Gasteiger partial charge in [-0.25, -0.2) is 17.9 Å². The predicted molar refractivity (Wildman–Crippen MR) is 67.5 cm³/mol. The SMILES string of the molecule is CNC(=O)NS(=O)(=O)c1c[nH]c2cc(N)ccc12. The van der Waals surface area contributed by atoms with Gasteiger partial charge in [-0.1, -0.05) is 0 Å². The number of hydrogen-bond donors (Lipinski definition) is 4. The molecule has 0 bridgehead atoms. The van der Waals surface area contributed by atoms with Crippen molar-refractivity contribution in [1.29, 1.82) is 0 Å². The molecule has 0 radical (unpaired) electrons. The largest absolute Gasteiger partial charge is 0.399 e. The lowest BCUT2D eigenvalue weighted by atomic mass is 10.2. The Morgan fingerprint density at radius 2 is 2.11 bits per heavy atom. The van der Waals surface area contributed by atoms with Gasteiger partial charge in [0.15, 0.2) is 0 Å². The van der Waals surface area contributed by atoms with E-state index in [9.17, 15) is 13.2 Å². The highest BCUT2D eigenvalue weighted by molar-refractivity contribution is 7.90. The lowest BCUT2D eigenvalue weighted by molar-refractivity contribution is 0.248. The molecule has 0 atom stereocenters. The Morgan fingerprint density at radius 3 is 2.78 bits per heavy atom. The van der Waals surface area contributed by atoms with E-state index in [-0.39, 0.29) is 4.90 Å². The Hall–Kier alpha value is -2.22. The van der Waals surface area contributed by atoms with Crippen molar-refractivity contribution in [3.05, 3.63) is 24.4 Å². The number of sulfonamides is 1. The summed E-state index contributed by atoms with van der Waals surface area (Å²) in [5.41, 5.74) is 6.71. The Kier molecular flexibility index (Phi) is 2.87. The van der Waals surface area contributed by atoms with Crippen LogP contribution in [0, 0.1) is 0 Å². The van der Waals surface area contributed by atoms with Gasteiger partial charge in [0.05, 0.1) is 0 Å². The summed E-state index contributed by atoms with van der Waals surface area (Å²) in [6.45, 7) is 0. The highest BCUT2D eigenvalue weighted by Crippen LogP contribution is 2.24. The van der Waals surface area contributed by atoms with E-state index in [0.29, 0.717) is 16.6 Å². The number of nitrogens with two attached hydrogens (primary N) is 1. The molecule has 0 spiro atoms. The summed E-state index contributed by atoms with van der Waals surface area (Å²) in [6, 6.07) is 4.00. The second-order valence-corrected chi connectivity index (χ2v) is 5.29. The average molecular weight is 268 g/mol. The molecule has 7 nitrogen and oxygen atoms in total. The zero-order chi connectivity index (χ0) is 13.3. The van der Waals surface area contributed by atoms with Crippen molar-refractivity contribution < 1.29 is 13.2 Å². The van der Waals surface area contributed by atoms with Gasteiger partial charge < -0.3 is 16.0 Å². The van der Waals surface area contributed by atoms with Crippen LogP contribution in [0.25, 0.3) is 10.9 Å². The average Bonchev–Trinajstić information content (AvgIpc) is 2.71. The number of hydrogen-bond acceptors (Lipinski definition) is 4. The normalized spacial score (nSPS) is 11.4. The van der Waals surface area contributed by atoms with E-state index in [1.165, 1.54) is 13.2 Å². The first-order valence-electron chi connectivity index (χ1n) is 5.05. The van der Waals surface area contributed by atoms with Crippen molar-refractivity contribution in [1.82, 2.24) is 15.0 Å². The number of amides is 2. The van der Waals surface area contributed by atoms with E-state index in [4.69, 9.17) is 5.73 Å². The Morgan fingerprint density at radius 1 is 1.39 bits per heavy atom. The maximum atomic E-state index is 11.9. The number of rotatable bonds is 2. The zero-order valence-electron chi connectivity index (χ0n) is 9.52. The van der Waals surface area contributed by atoms with Crippen LogP contribution in [0.15, 0.2) is 29.3 Å². The van der Waals surface area contributed by atoms with Gasteiger partial charge in [-0.2, -0.15) is 0 Å². The lowest BCUT2D eigenvalue weighted by Crippen LogP contribution is -2.37. The highest BCUT2D eigenvalue weighted by Gasteiger charge is 2.20. The first-order chi connectivity index (χ1) is 8.44. The van der Waals surface area contributed by atoms with Gasteiger partial charge in [-0.05, 0) is 18.2 Å². The first-order valence-corrected chi connectivity index (χ1v) is 6.53. The number of aromatic amines is 1. The molecule has 0 aliphatic carbocycles. The highest BCUT2D eigenvalue weighted by atomic mass is 32.2. The molecular weight excluding hydrogens is 256 g/mol. The van der Waals surface area contributed by atoms with Gasteiger partial charge in [-0.3, -0.25) is 0 Å². The number of urea groups is 1. The molecule has 2 rings (SSSR count). The summed E-state index contributed by atoms with van der Waals surface area (Å²) in [6.07, 6.45) is 1.31. The van der Waals surface area contributed by atoms with Crippen LogP contribution in [0.1, 0.15) is 0 Å². The van der Waals surface area contributed by atoms with Gasteiger partial charge in [-0.15, -0.1) is 0 Å². The zero-order valence-corrected chi connectivity index (χ0v) is 10.3. The van der Waals surface area contributed by atoms with Crippen LogP contribution in [0.4, 0.5) is 10.5 Å². The smallest absolute Gasteiger partial charge is 0.328 e. The number of H-pyrrole nitrogens is 1. The van der Waals surface area contributed by atoms with Crippen LogP contribution < -0.4 is 15.8 Å². The molecule has 0 saturated heterocycles. The lowest BCUT2D eigenvalue weighted by Gasteiger charge is -2.04. The first kappa shape index (κ1) is 12.2. The van der Waals surface area contributed by atoms with Crippen molar-refractivity contribution in [2.24, 2.45) is 0 Å². The molecule has 8 heteroatoms. The van der Waals surface area contributed by atoms with Gasteiger partial charge in [0.25, 0.3) is 10.0 Å². The van der Waals surface area contributed by atoms with Gasteiger partial charge in [0, 0.05) is 29.8 Å². The maximum Gasteiger partial charge on any atom is 0.328 e. The molecule has 5 N–H and O–H groups in total. The minimum atomic E-state index is -3.90. The molecular formula is C10H12N4O3S. The van der Waals surface area contributed by atoms with E-state index in [1.54, 1.807) is 18.2 Å². The fraction of sp³-hybridized carbons (Fsp3) is 0.100. The van der Waals surface area contributed by atoms with E-state index >= 15 is 0 Å². The van der Waals surface area contributed by atoms with E-state index < -0.39 is 16.1 Å². The van der Waals surface area contributed by atoms with Crippen LogP contribution >= 0.6 is 0 Å². The molecule has 0 unspecified atom stereocenters. The summed E-state index contributed by atoms with van der Waals surface area (Å²) in [4.78, 5) is 13.9. The summed E-state index contributed by atoms with van der Waals surface area (Å²) in [5, 5.41) is 2.65. The van der Waals surface area contributed by atoms with E-state index in [0.717, 1.165) is 0 Å². The fourth-order valence-electron chi connectivity index (χ4n) is 1.57. The second kappa shape index (κ2) is 4.22. The van der Waals surface area contributed by atoms with Crippen LogP contribution in [0.3, 0.4) is 0 Å². The number of carbonyl (C=O) groups is 1. The van der Waals surface area contributed by atoms with Crippen LogP contribution in [-0.4, -0.2) is 26.5 Å². The number of anilines is 1. The summed E-state index contributed by atoms with van der Waals surface area (Å²) in [5.74, 6) is 0. The van der Waals surface area contributed by atoms with Crippen molar-refractivity contribution in [2.45, 2.75) is 4.90 Å². The molecule has 96 valence electrons. The second-order valence-electron chi connectivity index (χ2n) is 3.64. The number of fused-ring (bicyclic) bond motifs is 1. The molecule has 0 aliphatic heterocycles. The summed E-state index contributed by atoms with van der Waals surface area (Å²) >= 11 is 0. The number of benzene rings is 1. The van der Waals surface area contributed by atoms with Crippen molar-refractivity contribution >= 4 is 32.6 Å². The standard InChI is InChI=1S/C10H12N4O3S/c1-12-10(15)14-18(16,17)9-5-13-8-4-6(11)2-3-7(8)9/h2-5,13H,11H2,1H3,(H2,12,14,15). The van der Waals surface area contributed by atoms with Gasteiger partial charge in [0.1, 0.15) is 4.90 Å². The number of carbonyl (C=O) groups excluding carboxylic acids is 1. The molecule has 18 heavy (non-hydrogen) atoms. The molecule has 0 fully saturated rings. The number of nitrogen functional groups attached to an aromatic ring is 1. The molecule has 2 aromatic rings. The Bertz CT molecular complexity index is 705. The topological polar surface area (TPSA) is 117 Å². The maximum absolute atomic E-state index is 11.9. The van der Waals surface area contributed by atoms with Crippen molar-refractivity contribution in [2.75, 3.05) is 12.8 Å². The number of nitrogens with one attached hydrogen (secondary N) is 3. The van der Waals surface area contributed by atoms with Crippen LogP contribution in [-0.2, 0) is 10.0 Å². The third-order valence-corrected chi connectivity index (χ3v) is 3.78. The summed E-state index contributed by atoms with van der Waals surface area (Å²) in [7, 11) is -2.57. The molecule has 1 aromatic heterocycles. The van der Waals surface area contributed by atoms with Gasteiger partial charge in [0.2, 0.25) is 0 Å². The fourth-order valence-corrected chi connectivity index (χ4v) is 2.71. The van der Waals surface area contributed by atoms with Crippen molar-refractivity contribution in [3.8, 4) is 0 Å². The third-order valence-electron chi connectivity index (χ3n) is 2.41. The molecule has 1 aromatic carbocycles.